The molecule has 0 unspecified atom stereocenters. The Hall–Kier alpha value is -1.96. The zero-order valence-corrected chi connectivity index (χ0v) is 13.4. The van der Waals surface area contributed by atoms with Gasteiger partial charge in [-0.05, 0) is 12.4 Å². The smallest absolute Gasteiger partial charge is 0.00608 e. The maximum absolute atomic E-state index is 4.19. The predicted octanol–water partition coefficient (Wildman–Crippen LogP) is 1.80. The molecule has 2 aromatic heterocycles. The quantitative estimate of drug-likeness (QED) is 0.613. The van der Waals surface area contributed by atoms with Crippen molar-refractivity contribution in [2.45, 2.75) is 6.92 Å². The van der Waals surface area contributed by atoms with Crippen molar-refractivity contribution in [2.75, 3.05) is 0 Å². The fourth-order valence-corrected chi connectivity index (χ4v) is 1.50. The van der Waals surface area contributed by atoms with Gasteiger partial charge in [-0.3, -0.25) is 4.37 Å². The van der Waals surface area contributed by atoms with E-state index in [1.807, 2.05) is 6.92 Å². The molecular formula is C7H5N2RfS-. The summed E-state index contributed by atoms with van der Waals surface area (Å²) in [5.74, 6) is 0. The first-order valence-corrected chi connectivity index (χ1v) is 3.73. The molecule has 2 rings (SSSR count). The van der Waals surface area contributed by atoms with Crippen LogP contribution in [0.4, 0.5) is 0 Å². The standard InChI is InChI=1S/C7H5N2S.Rf/c1-5-6-4-8-3-2-7(6)9-10-5;/h2,4H,1H3;/q-1;. The summed E-state index contributed by atoms with van der Waals surface area (Å²) in [6, 6.07) is 1.80. The van der Waals surface area contributed by atoms with Crippen LogP contribution in [0.5, 0.6) is 0 Å². The molecule has 0 aliphatic rings. The van der Waals surface area contributed by atoms with Crippen molar-refractivity contribution in [1.82, 2.24) is 9.36 Å². The Morgan fingerprint density at radius 2 is 2.36 bits per heavy atom. The minimum atomic E-state index is 0. The van der Waals surface area contributed by atoms with Crippen LogP contribution in [-0.4, -0.2) is 9.36 Å². The van der Waals surface area contributed by atoms with Crippen molar-refractivity contribution in [3.05, 3.63) is 23.3 Å². The largest absolute Gasteiger partial charge is 0.393 e. The third-order valence-corrected chi connectivity index (χ3v) is 2.19. The summed E-state index contributed by atoms with van der Waals surface area (Å²) in [4.78, 5) is 5.11. The van der Waals surface area contributed by atoms with Gasteiger partial charge in [0, 0.05) is 4.88 Å². The molecule has 0 radical (unpaired) electrons. The van der Waals surface area contributed by atoms with E-state index in [9.17, 15) is 0 Å². The van der Waals surface area contributed by atoms with E-state index in [0.29, 0.717) is 0 Å². The number of hydrogen-bond acceptors (Lipinski definition) is 3. The summed E-state index contributed by atoms with van der Waals surface area (Å²) in [5.41, 5.74) is 0.998. The van der Waals surface area contributed by atoms with E-state index >= 15 is 0 Å². The first-order chi connectivity index (χ1) is 4.88. The topological polar surface area (TPSA) is 25.8 Å². The van der Waals surface area contributed by atoms with Gasteiger partial charge in [-0.1, -0.05) is 29.3 Å². The van der Waals surface area contributed by atoms with Crippen molar-refractivity contribution >= 4 is 22.4 Å². The van der Waals surface area contributed by atoms with Crippen LogP contribution in [-0.2, 0) is 0 Å². The fourth-order valence-electron chi connectivity index (χ4n) is 0.858. The first kappa shape index (κ1) is 7.15. The maximum Gasteiger partial charge on any atom is 0.00608 e. The number of rotatable bonds is 0. The molecule has 0 saturated heterocycles. The van der Waals surface area contributed by atoms with Gasteiger partial charge in [0.25, 0.3) is 0 Å². The van der Waals surface area contributed by atoms with E-state index < -0.39 is 0 Å². The number of nitrogens with zero attached hydrogens (tertiary/aromatic N) is 2. The Labute approximate surface area is 62.7 Å². The molecule has 2 aromatic rings. The number of aryl methyl sites for hydroxylation is 1. The summed E-state index contributed by atoms with van der Waals surface area (Å²) in [5, 5.41) is 1.14. The van der Waals surface area contributed by atoms with Crippen LogP contribution in [0, 0.1) is 13.1 Å². The van der Waals surface area contributed by atoms with Crippen LogP contribution in [0.3, 0.4) is 0 Å². The SMILES string of the molecule is Cc1snc2c[c-]ncc12.[Rf]. The zero-order chi connectivity index (χ0) is 6.97. The van der Waals surface area contributed by atoms with Crippen LogP contribution < -0.4 is 0 Å². The van der Waals surface area contributed by atoms with Gasteiger partial charge in [0.2, 0.25) is 0 Å². The van der Waals surface area contributed by atoms with Crippen molar-refractivity contribution < 1.29 is 0 Å². The third kappa shape index (κ3) is 0.901. The molecule has 0 bridgehead atoms. The molecule has 0 aliphatic heterocycles. The van der Waals surface area contributed by atoms with E-state index in [1.54, 1.807) is 12.3 Å². The molecule has 4 heteroatoms. The number of pyridine rings is 1. The van der Waals surface area contributed by atoms with Crippen LogP contribution >= 0.6 is 11.5 Å². The Kier molecular flexibility index (Phi) is 1.52. The summed E-state index contributed by atoms with van der Waals surface area (Å²) in [6.45, 7) is 2.04. The van der Waals surface area contributed by atoms with Gasteiger partial charge in [-0.15, -0.1) is 6.07 Å². The summed E-state index contributed by atoms with van der Waals surface area (Å²) >= 11 is 1.51. The number of fused-ring (bicyclic) bond motifs is 1. The average molecular weight is 416 g/mol. The monoisotopic (exact) mass is 416 g/mol. The van der Waals surface area contributed by atoms with Gasteiger partial charge in [-0.2, -0.15) is 0 Å². The summed E-state index contributed by atoms with van der Waals surface area (Å²) in [7, 11) is 0. The molecule has 0 atom stereocenters. The molecule has 0 aromatic carbocycles. The predicted molar refractivity (Wildman–Crippen MR) is 41.0 cm³/mol. The number of aromatic nitrogens is 2. The first-order valence-electron chi connectivity index (χ1n) is 2.96. The number of hydrogen-bond donors (Lipinski definition) is 0. The van der Waals surface area contributed by atoms with E-state index in [2.05, 4.69) is 15.6 Å². The Bertz CT molecular complexity index is 358. The van der Waals surface area contributed by atoms with Gasteiger partial charge >= 0.3 is 0 Å². The fraction of sp³-hybridized carbons (Fsp3) is 0.143. The molecule has 52 valence electrons. The van der Waals surface area contributed by atoms with Gasteiger partial charge in [0.15, 0.2) is 0 Å². The van der Waals surface area contributed by atoms with Crippen LogP contribution in [0.1, 0.15) is 4.88 Å². The Balaban J connectivity index is 0.000000605. The molecule has 0 fully saturated rings. The zero-order valence-electron chi connectivity index (χ0n) is 6.16. The van der Waals surface area contributed by atoms with Crippen LogP contribution in [0.15, 0.2) is 12.3 Å². The molecule has 0 amide bonds. The molecular weight excluding hydrogens is 411 g/mol. The van der Waals surface area contributed by atoms with Gasteiger partial charge < -0.3 is 4.98 Å². The summed E-state index contributed by atoms with van der Waals surface area (Å²) in [6.07, 6.45) is 4.54. The Morgan fingerprint density at radius 3 is 3.09 bits per heavy atom. The van der Waals surface area contributed by atoms with E-state index in [4.69, 9.17) is 0 Å². The van der Waals surface area contributed by atoms with Gasteiger partial charge in [-0.25, -0.2) is 0 Å². The molecule has 2 heterocycles. The maximum atomic E-state index is 4.19. The molecule has 0 saturated carbocycles. The minimum absolute atomic E-state index is 0. The van der Waals surface area contributed by atoms with E-state index in [-0.39, 0.29) is 0 Å². The van der Waals surface area contributed by atoms with Crippen molar-refractivity contribution in [3.8, 4) is 0 Å². The second-order valence-electron chi connectivity index (χ2n) is 2.07. The normalized spacial score (nSPS) is 9.55. The third-order valence-electron chi connectivity index (χ3n) is 1.41. The molecule has 11 heavy (non-hydrogen) atoms. The second kappa shape index (κ2) is 2.34. The second-order valence-corrected chi connectivity index (χ2v) is 3.05. The summed E-state index contributed by atoms with van der Waals surface area (Å²) < 4.78 is 4.19. The average Bonchev–Trinajstić information content (AvgIpc) is 2.34. The van der Waals surface area contributed by atoms with Crippen LogP contribution in [0.25, 0.3) is 10.9 Å². The minimum Gasteiger partial charge on any atom is -0.393 e. The Morgan fingerprint density at radius 1 is 1.55 bits per heavy atom. The molecule has 2 nitrogen and oxygen atoms in total. The van der Waals surface area contributed by atoms with Crippen molar-refractivity contribution in [1.29, 1.82) is 0 Å². The molecule has 0 N–H and O–H groups in total. The molecule has 0 spiro atoms. The van der Waals surface area contributed by atoms with Crippen molar-refractivity contribution in [3.63, 3.8) is 0 Å². The van der Waals surface area contributed by atoms with Gasteiger partial charge in [0.05, 0.1) is 0 Å². The van der Waals surface area contributed by atoms with Gasteiger partial charge in [0.1, 0.15) is 0 Å². The van der Waals surface area contributed by atoms with E-state index in [1.165, 1.54) is 16.4 Å². The van der Waals surface area contributed by atoms with E-state index in [0.717, 1.165) is 10.9 Å². The van der Waals surface area contributed by atoms with Crippen molar-refractivity contribution in [2.24, 2.45) is 0 Å². The van der Waals surface area contributed by atoms with Crippen LogP contribution in [0.2, 0.25) is 0 Å². The molecule has 0 aliphatic carbocycles.